The van der Waals surface area contributed by atoms with E-state index in [1.54, 1.807) is 0 Å². The summed E-state index contributed by atoms with van der Waals surface area (Å²) in [7, 11) is -2.63. The van der Waals surface area contributed by atoms with E-state index in [2.05, 4.69) is 45.0 Å². The van der Waals surface area contributed by atoms with Gasteiger partial charge in [-0.3, -0.25) is 4.90 Å². The second kappa shape index (κ2) is 7.70. The van der Waals surface area contributed by atoms with Crippen molar-refractivity contribution in [1.82, 2.24) is 4.90 Å². The number of carbonyl (C=O) groups is 1. The molecule has 1 heterocycles. The number of benzene rings is 2. The Morgan fingerprint density at radius 2 is 1.59 bits per heavy atom. The Labute approximate surface area is 162 Å². The zero-order chi connectivity index (χ0) is 19.5. The Kier molecular flexibility index (Phi) is 5.53. The molecular weight excluding hydrogens is 354 g/mol. The quantitative estimate of drug-likeness (QED) is 0.637. The molecule has 4 nitrogen and oxygen atoms in total. The van der Waals surface area contributed by atoms with Gasteiger partial charge in [0.2, 0.25) is 0 Å². The summed E-state index contributed by atoms with van der Waals surface area (Å²) in [6.07, 6.45) is 2.93. The fourth-order valence-corrected chi connectivity index (χ4v) is 8.48. The van der Waals surface area contributed by atoms with Crippen molar-refractivity contribution in [3.8, 4) is 0 Å². The van der Waals surface area contributed by atoms with Crippen molar-refractivity contribution in [2.24, 2.45) is 0 Å². The molecule has 0 fully saturated rings. The summed E-state index contributed by atoms with van der Waals surface area (Å²) in [6, 6.07) is 20.6. The highest BCUT2D eigenvalue weighted by Gasteiger charge is 2.50. The summed E-state index contributed by atoms with van der Waals surface area (Å²) in [4.78, 5) is 12.9. The van der Waals surface area contributed by atoms with Crippen molar-refractivity contribution in [2.75, 3.05) is 13.2 Å². The molecule has 1 atom stereocenters. The van der Waals surface area contributed by atoms with E-state index in [1.165, 1.54) is 15.3 Å². The number of rotatable bonds is 5. The summed E-state index contributed by atoms with van der Waals surface area (Å²) >= 11 is 0. The van der Waals surface area contributed by atoms with Gasteiger partial charge in [-0.2, -0.15) is 0 Å². The van der Waals surface area contributed by atoms with Gasteiger partial charge in [-0.1, -0.05) is 93.6 Å². The first-order valence-corrected chi connectivity index (χ1v) is 11.2. The van der Waals surface area contributed by atoms with Crippen LogP contribution in [-0.2, 0) is 4.43 Å². The monoisotopic (exact) mass is 381 g/mol. The first-order chi connectivity index (χ1) is 12.9. The number of hydrogen-bond donors (Lipinski definition) is 1. The van der Waals surface area contributed by atoms with Gasteiger partial charge in [-0.15, -0.1) is 0 Å². The predicted molar refractivity (Wildman–Crippen MR) is 111 cm³/mol. The van der Waals surface area contributed by atoms with Crippen molar-refractivity contribution in [3.05, 3.63) is 72.8 Å². The van der Waals surface area contributed by atoms with Crippen LogP contribution in [0.15, 0.2) is 72.8 Å². The fraction of sp³-hybridized carbons (Fsp3) is 0.318. The largest absolute Gasteiger partial charge is 0.465 e. The Morgan fingerprint density at radius 1 is 1.07 bits per heavy atom. The molecule has 0 radical (unpaired) electrons. The van der Waals surface area contributed by atoms with Crippen molar-refractivity contribution in [2.45, 2.75) is 31.9 Å². The molecule has 1 aliphatic rings. The summed E-state index contributed by atoms with van der Waals surface area (Å²) < 4.78 is 6.81. The maximum atomic E-state index is 11.5. The number of carboxylic acid groups (broad SMARTS) is 1. The lowest BCUT2D eigenvalue weighted by molar-refractivity contribution is 0.127. The van der Waals surface area contributed by atoms with Crippen molar-refractivity contribution in [1.29, 1.82) is 0 Å². The van der Waals surface area contributed by atoms with Gasteiger partial charge in [-0.05, 0) is 15.4 Å². The maximum Gasteiger partial charge on any atom is 0.408 e. The van der Waals surface area contributed by atoms with Gasteiger partial charge in [0, 0.05) is 6.54 Å². The van der Waals surface area contributed by atoms with E-state index >= 15 is 0 Å². The SMILES string of the molecule is CC(C)(C)[Si](OCC1C=CCN1C(=O)O)(c1ccccc1)c1ccccc1. The van der Waals surface area contributed by atoms with Crippen LogP contribution in [0.25, 0.3) is 0 Å². The van der Waals surface area contributed by atoms with Crippen molar-refractivity contribution >= 4 is 24.8 Å². The van der Waals surface area contributed by atoms with Crippen molar-refractivity contribution in [3.63, 3.8) is 0 Å². The molecule has 2 aromatic rings. The fourth-order valence-electron chi connectivity index (χ4n) is 3.91. The Bertz CT molecular complexity index is 760. The van der Waals surface area contributed by atoms with E-state index in [0.29, 0.717) is 13.2 Å². The molecule has 0 spiro atoms. The molecular formula is C22H27NO3Si. The zero-order valence-corrected chi connectivity index (χ0v) is 17.1. The van der Waals surface area contributed by atoms with Gasteiger partial charge in [0.25, 0.3) is 8.32 Å². The number of hydrogen-bond acceptors (Lipinski definition) is 2. The van der Waals surface area contributed by atoms with Gasteiger partial charge in [0.15, 0.2) is 0 Å². The lowest BCUT2D eigenvalue weighted by Crippen LogP contribution is -2.67. The standard InChI is InChI=1S/C22H27NO3Si/c1-22(2,3)27(19-12-6-4-7-13-19,20-14-8-5-9-15-20)26-17-18-11-10-16-23(18)21(24)25/h4-15,18H,16-17H2,1-3H3,(H,24,25). The molecule has 27 heavy (non-hydrogen) atoms. The highest BCUT2D eigenvalue weighted by atomic mass is 28.4. The molecule has 1 aliphatic heterocycles. The van der Waals surface area contributed by atoms with Gasteiger partial charge >= 0.3 is 6.09 Å². The second-order valence-corrected chi connectivity index (χ2v) is 12.2. The summed E-state index contributed by atoms with van der Waals surface area (Å²) in [5.74, 6) is 0. The lowest BCUT2D eigenvalue weighted by Gasteiger charge is -2.43. The predicted octanol–water partition coefficient (Wildman–Crippen LogP) is 3.48. The molecule has 5 heteroatoms. The summed E-state index contributed by atoms with van der Waals surface area (Å²) in [5.41, 5.74) is 0. The highest BCUT2D eigenvalue weighted by molar-refractivity contribution is 6.99. The van der Waals surface area contributed by atoms with E-state index in [4.69, 9.17) is 4.43 Å². The third kappa shape index (κ3) is 3.70. The zero-order valence-electron chi connectivity index (χ0n) is 16.1. The first-order valence-electron chi connectivity index (χ1n) is 9.27. The minimum atomic E-state index is -2.63. The van der Waals surface area contributed by atoms with Crippen LogP contribution < -0.4 is 10.4 Å². The van der Waals surface area contributed by atoms with Crippen LogP contribution in [0, 0.1) is 0 Å². The topological polar surface area (TPSA) is 49.8 Å². The van der Waals surface area contributed by atoms with Crippen LogP contribution in [0.3, 0.4) is 0 Å². The van der Waals surface area contributed by atoms with Gasteiger partial charge < -0.3 is 9.53 Å². The summed E-state index contributed by atoms with van der Waals surface area (Å²) in [6.45, 7) is 7.44. The van der Waals surface area contributed by atoms with Crippen LogP contribution in [0.5, 0.6) is 0 Å². The third-order valence-corrected chi connectivity index (χ3v) is 10.2. The molecule has 0 aliphatic carbocycles. The molecule has 142 valence electrons. The van der Waals surface area contributed by atoms with Crippen molar-refractivity contribution < 1.29 is 14.3 Å². The van der Waals surface area contributed by atoms with E-state index in [9.17, 15) is 9.90 Å². The Morgan fingerprint density at radius 3 is 2.04 bits per heavy atom. The van der Waals surface area contributed by atoms with Gasteiger partial charge in [0.05, 0.1) is 12.6 Å². The van der Waals surface area contributed by atoms with Crippen LogP contribution in [-0.4, -0.2) is 43.6 Å². The second-order valence-electron chi connectivity index (χ2n) is 7.90. The van der Waals surface area contributed by atoms with Crippen LogP contribution in [0.1, 0.15) is 20.8 Å². The van der Waals surface area contributed by atoms with Gasteiger partial charge in [0.1, 0.15) is 0 Å². The molecule has 0 saturated carbocycles. The molecule has 0 aromatic heterocycles. The molecule has 2 aromatic carbocycles. The Balaban J connectivity index is 2.04. The first kappa shape index (κ1) is 19.4. The lowest BCUT2D eigenvalue weighted by atomic mass is 10.2. The molecule has 1 unspecified atom stereocenters. The third-order valence-electron chi connectivity index (χ3n) is 5.19. The van der Waals surface area contributed by atoms with E-state index in [0.717, 1.165) is 0 Å². The highest BCUT2D eigenvalue weighted by Crippen LogP contribution is 2.37. The normalized spacial score (nSPS) is 17.3. The van der Waals surface area contributed by atoms with E-state index < -0.39 is 14.4 Å². The Hall–Kier alpha value is -2.37. The van der Waals surface area contributed by atoms with Gasteiger partial charge in [-0.25, -0.2) is 4.79 Å². The van der Waals surface area contributed by atoms with E-state index in [-0.39, 0.29) is 11.1 Å². The van der Waals surface area contributed by atoms with Crippen LogP contribution in [0.2, 0.25) is 5.04 Å². The number of nitrogens with zero attached hydrogens (tertiary/aromatic N) is 1. The molecule has 0 saturated heterocycles. The van der Waals surface area contributed by atoms with Crippen LogP contribution >= 0.6 is 0 Å². The minimum Gasteiger partial charge on any atom is -0.465 e. The minimum absolute atomic E-state index is 0.119. The van der Waals surface area contributed by atoms with E-state index in [1.807, 2.05) is 48.6 Å². The average molecular weight is 382 g/mol. The maximum absolute atomic E-state index is 11.5. The summed E-state index contributed by atoms with van der Waals surface area (Å²) in [5, 5.41) is 11.7. The molecule has 1 amide bonds. The molecule has 1 N–H and O–H groups in total. The smallest absolute Gasteiger partial charge is 0.408 e. The number of amides is 1. The molecule has 0 bridgehead atoms. The molecule has 3 rings (SSSR count). The average Bonchev–Trinajstić information content (AvgIpc) is 3.12. The van der Waals surface area contributed by atoms with Crippen LogP contribution in [0.4, 0.5) is 4.79 Å².